The van der Waals surface area contributed by atoms with E-state index in [1.807, 2.05) is 55.5 Å². The van der Waals surface area contributed by atoms with E-state index in [0.717, 1.165) is 23.3 Å². The second-order valence-electron chi connectivity index (χ2n) is 5.09. The summed E-state index contributed by atoms with van der Waals surface area (Å²) in [5.41, 5.74) is 2.06. The van der Waals surface area contributed by atoms with Gasteiger partial charge in [-0.25, -0.2) is 0 Å². The molecule has 22 heavy (non-hydrogen) atoms. The zero-order chi connectivity index (χ0) is 15.9. The fourth-order valence-corrected chi connectivity index (χ4v) is 2.42. The summed E-state index contributed by atoms with van der Waals surface area (Å²) in [5, 5.41) is 3.57. The van der Waals surface area contributed by atoms with E-state index in [0.29, 0.717) is 5.02 Å². The van der Waals surface area contributed by atoms with Crippen LogP contribution in [0.5, 0.6) is 5.75 Å². The second kappa shape index (κ2) is 7.85. The summed E-state index contributed by atoms with van der Waals surface area (Å²) in [6, 6.07) is 15.1. The second-order valence-corrected chi connectivity index (χ2v) is 5.53. The van der Waals surface area contributed by atoms with Crippen LogP contribution in [0.15, 0.2) is 48.5 Å². The van der Waals surface area contributed by atoms with Crippen LogP contribution in [-0.4, -0.2) is 12.5 Å². The number of benzene rings is 2. The molecule has 0 fully saturated rings. The van der Waals surface area contributed by atoms with Crippen LogP contribution < -0.4 is 10.1 Å². The standard InChI is InChI=1S/C18H20ClNO2/c1-3-14-7-4-5-10-17(14)22-12-18(21)20-13(2)15-8-6-9-16(19)11-15/h4-11,13H,3,12H2,1-2H3,(H,20,21). The molecular weight excluding hydrogens is 298 g/mol. The first-order valence-electron chi connectivity index (χ1n) is 7.35. The molecule has 0 bridgehead atoms. The smallest absolute Gasteiger partial charge is 0.258 e. The molecule has 0 aliphatic rings. The number of hydrogen-bond donors (Lipinski definition) is 1. The largest absolute Gasteiger partial charge is 0.483 e. The van der Waals surface area contributed by atoms with Crippen LogP contribution in [0.3, 0.4) is 0 Å². The summed E-state index contributed by atoms with van der Waals surface area (Å²) in [6.07, 6.45) is 0.872. The lowest BCUT2D eigenvalue weighted by Gasteiger charge is -2.15. The van der Waals surface area contributed by atoms with Crippen molar-refractivity contribution in [3.8, 4) is 5.75 Å². The van der Waals surface area contributed by atoms with Crippen molar-refractivity contribution in [3.05, 3.63) is 64.7 Å². The average molecular weight is 318 g/mol. The lowest BCUT2D eigenvalue weighted by molar-refractivity contribution is -0.123. The Balaban J connectivity index is 1.90. The number of amides is 1. The van der Waals surface area contributed by atoms with Crippen LogP contribution in [0.4, 0.5) is 0 Å². The monoisotopic (exact) mass is 317 g/mol. The van der Waals surface area contributed by atoms with Crippen LogP contribution >= 0.6 is 11.6 Å². The van der Waals surface area contributed by atoms with E-state index < -0.39 is 0 Å². The van der Waals surface area contributed by atoms with E-state index in [4.69, 9.17) is 16.3 Å². The zero-order valence-electron chi connectivity index (χ0n) is 12.8. The van der Waals surface area contributed by atoms with E-state index in [9.17, 15) is 4.79 Å². The fraction of sp³-hybridized carbons (Fsp3) is 0.278. The van der Waals surface area contributed by atoms with Gasteiger partial charge in [0.25, 0.3) is 5.91 Å². The summed E-state index contributed by atoms with van der Waals surface area (Å²) in [4.78, 5) is 12.0. The number of aryl methyl sites for hydroxylation is 1. The van der Waals surface area contributed by atoms with Gasteiger partial charge in [0, 0.05) is 5.02 Å². The van der Waals surface area contributed by atoms with E-state index in [-0.39, 0.29) is 18.6 Å². The van der Waals surface area contributed by atoms with E-state index >= 15 is 0 Å². The van der Waals surface area contributed by atoms with Gasteiger partial charge < -0.3 is 10.1 Å². The Bertz CT molecular complexity index is 642. The van der Waals surface area contributed by atoms with Crippen LogP contribution in [0.25, 0.3) is 0 Å². The third-order valence-corrected chi connectivity index (χ3v) is 3.67. The Kier molecular flexibility index (Phi) is 5.84. The van der Waals surface area contributed by atoms with Gasteiger partial charge in [0.15, 0.2) is 6.61 Å². The van der Waals surface area contributed by atoms with Crippen molar-refractivity contribution >= 4 is 17.5 Å². The van der Waals surface area contributed by atoms with Crippen molar-refractivity contribution in [2.45, 2.75) is 26.3 Å². The molecule has 2 aromatic carbocycles. The van der Waals surface area contributed by atoms with Crippen LogP contribution in [0, 0.1) is 0 Å². The van der Waals surface area contributed by atoms with Gasteiger partial charge in [-0.1, -0.05) is 48.9 Å². The quantitative estimate of drug-likeness (QED) is 0.868. The summed E-state index contributed by atoms with van der Waals surface area (Å²) >= 11 is 5.96. The van der Waals surface area contributed by atoms with Crippen molar-refractivity contribution in [1.82, 2.24) is 5.32 Å². The van der Waals surface area contributed by atoms with E-state index in [1.165, 1.54) is 0 Å². The normalized spacial score (nSPS) is 11.8. The van der Waals surface area contributed by atoms with E-state index in [1.54, 1.807) is 0 Å². The highest BCUT2D eigenvalue weighted by atomic mass is 35.5. The maximum Gasteiger partial charge on any atom is 0.258 e. The highest BCUT2D eigenvalue weighted by Crippen LogP contribution is 2.19. The Morgan fingerprint density at radius 1 is 1.23 bits per heavy atom. The fourth-order valence-electron chi connectivity index (χ4n) is 2.22. The van der Waals surface area contributed by atoms with E-state index in [2.05, 4.69) is 12.2 Å². The molecule has 0 aromatic heterocycles. The first-order chi connectivity index (χ1) is 10.6. The summed E-state index contributed by atoms with van der Waals surface area (Å²) in [7, 11) is 0. The predicted octanol–water partition coefficient (Wildman–Crippen LogP) is 4.16. The molecule has 0 aliphatic heterocycles. The summed E-state index contributed by atoms with van der Waals surface area (Å²) in [6.45, 7) is 3.98. The number of ether oxygens (including phenoxy) is 1. The molecule has 1 amide bonds. The van der Waals surface area contributed by atoms with Crippen molar-refractivity contribution in [2.75, 3.05) is 6.61 Å². The zero-order valence-corrected chi connectivity index (χ0v) is 13.6. The topological polar surface area (TPSA) is 38.3 Å². The van der Waals surface area contributed by atoms with Gasteiger partial charge in [0.1, 0.15) is 5.75 Å². The molecule has 1 atom stereocenters. The summed E-state index contributed by atoms with van der Waals surface area (Å²) < 4.78 is 5.61. The first kappa shape index (κ1) is 16.4. The first-order valence-corrected chi connectivity index (χ1v) is 7.73. The third kappa shape index (κ3) is 4.50. The molecule has 2 rings (SSSR count). The molecule has 4 heteroatoms. The maximum atomic E-state index is 12.0. The van der Waals surface area contributed by atoms with Gasteiger partial charge in [-0.2, -0.15) is 0 Å². The third-order valence-electron chi connectivity index (χ3n) is 3.44. The number of carbonyl (C=O) groups excluding carboxylic acids is 1. The number of nitrogens with one attached hydrogen (secondary N) is 1. The Morgan fingerprint density at radius 3 is 2.73 bits per heavy atom. The van der Waals surface area contributed by atoms with Gasteiger partial charge >= 0.3 is 0 Å². The Hall–Kier alpha value is -2.00. The van der Waals surface area contributed by atoms with Gasteiger partial charge in [0.05, 0.1) is 6.04 Å². The average Bonchev–Trinajstić information content (AvgIpc) is 2.53. The van der Waals surface area contributed by atoms with Crippen LogP contribution in [-0.2, 0) is 11.2 Å². The SMILES string of the molecule is CCc1ccccc1OCC(=O)NC(C)c1cccc(Cl)c1. The van der Waals surface area contributed by atoms with Crippen molar-refractivity contribution in [2.24, 2.45) is 0 Å². The molecular formula is C18H20ClNO2. The molecule has 0 saturated heterocycles. The highest BCUT2D eigenvalue weighted by molar-refractivity contribution is 6.30. The van der Waals surface area contributed by atoms with Gasteiger partial charge in [-0.15, -0.1) is 0 Å². The molecule has 0 heterocycles. The van der Waals surface area contributed by atoms with Crippen LogP contribution in [0.2, 0.25) is 5.02 Å². The van der Waals surface area contributed by atoms with Gasteiger partial charge in [-0.3, -0.25) is 4.79 Å². The number of rotatable bonds is 6. The minimum absolute atomic E-state index is 0.00190. The molecule has 1 N–H and O–H groups in total. The summed E-state index contributed by atoms with van der Waals surface area (Å²) in [5.74, 6) is 0.606. The van der Waals surface area contributed by atoms with Crippen LogP contribution in [0.1, 0.15) is 31.0 Å². The molecule has 0 saturated carbocycles. The lowest BCUT2D eigenvalue weighted by Crippen LogP contribution is -2.31. The van der Waals surface area contributed by atoms with Gasteiger partial charge in [-0.05, 0) is 42.7 Å². The predicted molar refractivity (Wildman–Crippen MR) is 89.3 cm³/mol. The van der Waals surface area contributed by atoms with Crippen molar-refractivity contribution in [3.63, 3.8) is 0 Å². The van der Waals surface area contributed by atoms with Gasteiger partial charge in [0.2, 0.25) is 0 Å². The maximum absolute atomic E-state index is 12.0. The molecule has 1 unspecified atom stereocenters. The molecule has 3 nitrogen and oxygen atoms in total. The number of hydrogen-bond acceptors (Lipinski definition) is 2. The van der Waals surface area contributed by atoms with Crippen molar-refractivity contribution in [1.29, 1.82) is 0 Å². The molecule has 0 spiro atoms. The number of halogens is 1. The molecule has 0 radical (unpaired) electrons. The number of carbonyl (C=O) groups is 1. The Morgan fingerprint density at radius 2 is 2.00 bits per heavy atom. The molecule has 116 valence electrons. The molecule has 0 aliphatic carbocycles. The highest BCUT2D eigenvalue weighted by Gasteiger charge is 2.11. The Labute approximate surface area is 136 Å². The van der Waals surface area contributed by atoms with Crippen molar-refractivity contribution < 1.29 is 9.53 Å². The lowest BCUT2D eigenvalue weighted by atomic mass is 10.1. The minimum Gasteiger partial charge on any atom is -0.483 e. The molecule has 2 aromatic rings. The number of para-hydroxylation sites is 1. The minimum atomic E-state index is -0.154.